The van der Waals surface area contributed by atoms with E-state index in [0.717, 1.165) is 26.1 Å². The second-order valence-corrected chi connectivity index (χ2v) is 20.9. The van der Waals surface area contributed by atoms with Crippen LogP contribution in [0.25, 0.3) is 0 Å². The summed E-state index contributed by atoms with van der Waals surface area (Å²) >= 11 is 0. The largest absolute Gasteiger partial charge is 0.378 e. The molecular weight excluding hydrogens is 651 g/mol. The third-order valence-electron chi connectivity index (χ3n) is 8.03. The standard InChI is InChI=1S/C12H26O2.C12H18.C8H18.C6H13NO2S.C5H10.C2H6/c1-10(2)13-8-12(6,7)9-14-11(3,4)5;1-9(2)11-6-5-7-12(8-11)10(3)4;1-7(2,3)8(4,5)6;1-5(2)7-10(8,9)6-3-4-6;1-4-5(2)3;1-2/h10H,8-9H2,1-7H3;5-10H,1-4H3;1-6H3;5-7H,3-4H2,1-2H3;4-5H,1H2,2-3H3;1-2H3. The molecule has 1 fully saturated rings. The van der Waals surface area contributed by atoms with Crippen molar-refractivity contribution in [2.45, 2.75) is 207 Å². The van der Waals surface area contributed by atoms with E-state index < -0.39 is 10.0 Å². The fourth-order valence-corrected chi connectivity index (χ4v) is 4.53. The number of allylic oxidation sites excluding steroid dienone is 1. The summed E-state index contributed by atoms with van der Waals surface area (Å²) in [5, 5.41) is -0.0881. The number of ether oxygens (including phenoxy) is 2. The van der Waals surface area contributed by atoms with Crippen LogP contribution in [0.5, 0.6) is 0 Å². The molecule has 0 heterocycles. The Kier molecular flexibility index (Phi) is 29.4. The van der Waals surface area contributed by atoms with Crippen LogP contribution >= 0.6 is 0 Å². The molecule has 0 atom stereocenters. The molecular formula is C45H91NO4S. The van der Waals surface area contributed by atoms with Gasteiger partial charge >= 0.3 is 0 Å². The molecule has 0 aliphatic heterocycles. The van der Waals surface area contributed by atoms with Gasteiger partial charge in [-0.1, -0.05) is 141 Å². The van der Waals surface area contributed by atoms with Gasteiger partial charge in [-0.15, -0.1) is 6.58 Å². The number of rotatable bonds is 11. The molecule has 1 aliphatic carbocycles. The molecule has 1 aromatic carbocycles. The first kappa shape index (κ1) is 56.5. The quantitative estimate of drug-likeness (QED) is 0.229. The lowest BCUT2D eigenvalue weighted by Crippen LogP contribution is -2.32. The van der Waals surface area contributed by atoms with Crippen molar-refractivity contribution in [3.63, 3.8) is 0 Å². The normalized spacial score (nSPS) is 13.5. The molecule has 0 spiro atoms. The van der Waals surface area contributed by atoms with E-state index in [0.29, 0.717) is 34.7 Å². The molecule has 0 radical (unpaired) electrons. The molecule has 1 saturated carbocycles. The van der Waals surface area contributed by atoms with Gasteiger partial charge in [-0.05, 0) is 101 Å². The molecule has 51 heavy (non-hydrogen) atoms. The molecule has 1 aromatic rings. The summed E-state index contributed by atoms with van der Waals surface area (Å²) in [5.74, 6) is 1.93. The van der Waals surface area contributed by atoms with E-state index in [1.165, 1.54) is 11.1 Å². The molecule has 6 heteroatoms. The highest BCUT2D eigenvalue weighted by atomic mass is 32.2. The van der Waals surface area contributed by atoms with Crippen molar-refractivity contribution in [1.82, 2.24) is 4.72 Å². The van der Waals surface area contributed by atoms with Crippen LogP contribution in [0.3, 0.4) is 0 Å². The van der Waals surface area contributed by atoms with Crippen LogP contribution in [0.2, 0.25) is 0 Å². The highest BCUT2D eigenvalue weighted by molar-refractivity contribution is 7.90. The molecule has 1 N–H and O–H groups in total. The molecule has 0 amide bonds. The minimum atomic E-state index is -2.94. The van der Waals surface area contributed by atoms with Crippen LogP contribution in [0, 0.1) is 22.2 Å². The van der Waals surface area contributed by atoms with Gasteiger partial charge in [0.05, 0.1) is 30.2 Å². The zero-order valence-electron chi connectivity index (χ0n) is 38.4. The maximum Gasteiger partial charge on any atom is 0.214 e. The van der Waals surface area contributed by atoms with Gasteiger partial charge in [-0.3, -0.25) is 0 Å². The fraction of sp³-hybridized carbons (Fsp3) is 0.822. The van der Waals surface area contributed by atoms with Crippen molar-refractivity contribution in [3.8, 4) is 0 Å². The van der Waals surface area contributed by atoms with Crippen LogP contribution in [-0.2, 0) is 19.5 Å². The minimum Gasteiger partial charge on any atom is -0.378 e. The van der Waals surface area contributed by atoms with Crippen molar-refractivity contribution in [2.75, 3.05) is 13.2 Å². The van der Waals surface area contributed by atoms with Gasteiger partial charge in [0, 0.05) is 11.5 Å². The third-order valence-corrected chi connectivity index (χ3v) is 10.2. The Bertz CT molecular complexity index is 1060. The van der Waals surface area contributed by atoms with Crippen molar-refractivity contribution < 1.29 is 17.9 Å². The van der Waals surface area contributed by atoms with Gasteiger partial charge in [0.15, 0.2) is 0 Å². The van der Waals surface area contributed by atoms with Crippen LogP contribution < -0.4 is 4.72 Å². The first-order valence-corrected chi connectivity index (χ1v) is 21.3. The Morgan fingerprint density at radius 1 is 0.745 bits per heavy atom. The summed E-state index contributed by atoms with van der Waals surface area (Å²) in [6.45, 7) is 54.2. The molecule has 5 nitrogen and oxygen atoms in total. The molecule has 0 saturated heterocycles. The van der Waals surface area contributed by atoms with Gasteiger partial charge in [-0.2, -0.15) is 0 Å². The Labute approximate surface area is 322 Å². The predicted molar refractivity (Wildman–Crippen MR) is 231 cm³/mol. The summed E-state index contributed by atoms with van der Waals surface area (Å²) in [7, 11) is -2.94. The first-order valence-electron chi connectivity index (χ1n) is 19.8. The van der Waals surface area contributed by atoms with E-state index >= 15 is 0 Å². The summed E-state index contributed by atoms with van der Waals surface area (Å²) in [6.07, 6.45) is 3.88. The Balaban J connectivity index is -0.000000276. The van der Waals surface area contributed by atoms with Gasteiger partial charge in [0.25, 0.3) is 0 Å². The zero-order chi connectivity index (χ0) is 41.6. The molecule has 1 aliphatic rings. The van der Waals surface area contributed by atoms with Gasteiger partial charge in [0.2, 0.25) is 10.0 Å². The topological polar surface area (TPSA) is 64.6 Å². The lowest BCUT2D eigenvalue weighted by Gasteiger charge is -2.34. The van der Waals surface area contributed by atoms with Crippen molar-refractivity contribution in [2.24, 2.45) is 22.2 Å². The highest BCUT2D eigenvalue weighted by Crippen LogP contribution is 2.36. The van der Waals surface area contributed by atoms with E-state index in [9.17, 15) is 8.42 Å². The first-order chi connectivity index (χ1) is 22.8. The van der Waals surface area contributed by atoms with E-state index in [1.807, 2.05) is 33.8 Å². The van der Waals surface area contributed by atoms with Crippen LogP contribution in [-0.4, -0.2) is 44.6 Å². The molecule has 306 valence electrons. The van der Waals surface area contributed by atoms with Crippen molar-refractivity contribution in [3.05, 3.63) is 48.0 Å². The maximum atomic E-state index is 11.1. The second kappa shape index (κ2) is 26.5. The fourth-order valence-electron chi connectivity index (χ4n) is 2.93. The van der Waals surface area contributed by atoms with E-state index in [4.69, 9.17) is 9.47 Å². The van der Waals surface area contributed by atoms with Crippen molar-refractivity contribution in [1.29, 1.82) is 0 Å². The van der Waals surface area contributed by atoms with E-state index in [2.05, 4.69) is 167 Å². The number of hydrogen-bond acceptors (Lipinski definition) is 4. The Hall–Kier alpha value is -1.21. The summed E-state index contributed by atoms with van der Waals surface area (Å²) < 4.78 is 36.1. The van der Waals surface area contributed by atoms with E-state index in [-0.39, 0.29) is 22.3 Å². The average Bonchev–Trinajstić information content (AvgIpc) is 3.83. The molecule has 0 aromatic heterocycles. The smallest absolute Gasteiger partial charge is 0.214 e. The summed E-state index contributed by atoms with van der Waals surface area (Å²) in [5.41, 5.74) is 3.80. The monoisotopic (exact) mass is 742 g/mol. The van der Waals surface area contributed by atoms with Gasteiger partial charge < -0.3 is 9.47 Å². The average molecular weight is 742 g/mol. The summed E-state index contributed by atoms with van der Waals surface area (Å²) in [6, 6.07) is 8.91. The lowest BCUT2D eigenvalue weighted by atomic mass is 9.71. The Morgan fingerprint density at radius 2 is 1.12 bits per heavy atom. The van der Waals surface area contributed by atoms with Gasteiger partial charge in [0.1, 0.15) is 0 Å². The number of hydrogen-bond donors (Lipinski definition) is 1. The maximum absolute atomic E-state index is 11.1. The third kappa shape index (κ3) is 35.6. The second-order valence-electron chi connectivity index (χ2n) is 18.9. The van der Waals surface area contributed by atoms with Crippen LogP contribution in [0.4, 0.5) is 0 Å². The van der Waals surface area contributed by atoms with E-state index in [1.54, 1.807) is 0 Å². The zero-order valence-corrected chi connectivity index (χ0v) is 39.2. The minimum absolute atomic E-state index is 0.0330. The van der Waals surface area contributed by atoms with Crippen LogP contribution in [0.15, 0.2) is 36.9 Å². The number of benzene rings is 1. The highest BCUT2D eigenvalue weighted by Gasteiger charge is 2.35. The van der Waals surface area contributed by atoms with Crippen molar-refractivity contribution >= 4 is 10.0 Å². The summed E-state index contributed by atoms with van der Waals surface area (Å²) in [4.78, 5) is 0. The lowest BCUT2D eigenvalue weighted by molar-refractivity contribution is -0.0745. The van der Waals surface area contributed by atoms with Gasteiger partial charge in [-0.25, -0.2) is 13.1 Å². The SMILES string of the molecule is C=CC(C)C.CC.CC(C)(C)C(C)(C)C.CC(C)NS(=O)(=O)C1CC1.CC(C)OCC(C)(C)COC(C)(C)C.CC(C)c1cccc(C(C)C)c1. The molecule has 2 rings (SSSR count). The predicted octanol–water partition coefficient (Wildman–Crippen LogP) is 13.6. The number of nitrogens with one attached hydrogen (secondary N) is 1. The molecule has 0 unspecified atom stereocenters. The molecule has 0 bridgehead atoms. The van der Waals surface area contributed by atoms with Crippen LogP contribution in [0.1, 0.15) is 195 Å². The Morgan fingerprint density at radius 3 is 1.35 bits per heavy atom. The number of sulfonamides is 1.